The minimum absolute atomic E-state index is 0.00116. The van der Waals surface area contributed by atoms with Crippen LogP contribution in [0.15, 0.2) is 18.2 Å². The van der Waals surface area contributed by atoms with Gasteiger partial charge in [0.05, 0.1) is 6.54 Å². The van der Waals surface area contributed by atoms with Crippen LogP contribution in [0.3, 0.4) is 0 Å². The molecule has 0 aromatic heterocycles. The van der Waals surface area contributed by atoms with Crippen LogP contribution < -0.4 is 10.6 Å². The zero-order valence-corrected chi connectivity index (χ0v) is 13.6. The number of piperidine rings is 1. The van der Waals surface area contributed by atoms with Crippen LogP contribution in [-0.4, -0.2) is 42.4 Å². The topological polar surface area (TPSA) is 61.4 Å². The van der Waals surface area contributed by atoms with Gasteiger partial charge < -0.3 is 15.5 Å². The van der Waals surface area contributed by atoms with Gasteiger partial charge in [0.2, 0.25) is 11.8 Å². The third kappa shape index (κ3) is 4.48. The molecule has 0 unspecified atom stereocenters. The van der Waals surface area contributed by atoms with Gasteiger partial charge in [0.1, 0.15) is 0 Å². The van der Waals surface area contributed by atoms with Gasteiger partial charge in [-0.25, -0.2) is 0 Å². The summed E-state index contributed by atoms with van der Waals surface area (Å²) in [5, 5.41) is 6.22. The fourth-order valence-corrected chi connectivity index (χ4v) is 2.80. The van der Waals surface area contributed by atoms with E-state index in [2.05, 4.69) is 23.6 Å². The molecular formula is C17H25N3O2. The van der Waals surface area contributed by atoms with E-state index in [-0.39, 0.29) is 24.4 Å². The quantitative estimate of drug-likeness (QED) is 0.892. The second kappa shape index (κ2) is 7.29. The first-order valence-electron chi connectivity index (χ1n) is 7.81. The lowest BCUT2D eigenvalue weighted by Crippen LogP contribution is -2.47. The van der Waals surface area contributed by atoms with E-state index >= 15 is 0 Å². The standard InChI is InChI=1S/C17H25N3O2/c1-12-4-5-16(13(2)10-12)18-11-17(22)19-15-6-8-20(9-7-15)14(3)21/h4-5,10,15,18H,6-9,11H2,1-3H3,(H,19,22). The third-order valence-electron chi connectivity index (χ3n) is 4.13. The molecule has 1 fully saturated rings. The highest BCUT2D eigenvalue weighted by Gasteiger charge is 2.21. The van der Waals surface area contributed by atoms with Gasteiger partial charge in [0.25, 0.3) is 0 Å². The summed E-state index contributed by atoms with van der Waals surface area (Å²) in [5.41, 5.74) is 3.35. The molecule has 0 spiro atoms. The zero-order valence-electron chi connectivity index (χ0n) is 13.6. The van der Waals surface area contributed by atoms with Crippen LogP contribution in [0.5, 0.6) is 0 Å². The molecule has 2 rings (SSSR count). The molecule has 2 N–H and O–H groups in total. The highest BCUT2D eigenvalue weighted by atomic mass is 16.2. The molecule has 1 aromatic rings. The fraction of sp³-hybridized carbons (Fsp3) is 0.529. The average Bonchev–Trinajstić information content (AvgIpc) is 2.47. The van der Waals surface area contributed by atoms with Crippen LogP contribution in [-0.2, 0) is 9.59 Å². The van der Waals surface area contributed by atoms with E-state index in [1.54, 1.807) is 6.92 Å². The van der Waals surface area contributed by atoms with Crippen LogP contribution >= 0.6 is 0 Å². The van der Waals surface area contributed by atoms with E-state index in [9.17, 15) is 9.59 Å². The van der Waals surface area contributed by atoms with E-state index in [0.29, 0.717) is 0 Å². The van der Waals surface area contributed by atoms with Crippen molar-refractivity contribution in [2.75, 3.05) is 25.0 Å². The lowest BCUT2D eigenvalue weighted by atomic mass is 10.1. The van der Waals surface area contributed by atoms with Crippen LogP contribution in [0.25, 0.3) is 0 Å². The number of hydrogen-bond acceptors (Lipinski definition) is 3. The molecule has 5 heteroatoms. The Morgan fingerprint density at radius 2 is 1.91 bits per heavy atom. The largest absolute Gasteiger partial charge is 0.376 e. The molecule has 120 valence electrons. The number of nitrogens with one attached hydrogen (secondary N) is 2. The molecule has 2 amide bonds. The fourth-order valence-electron chi connectivity index (χ4n) is 2.80. The van der Waals surface area contributed by atoms with Gasteiger partial charge in [-0.2, -0.15) is 0 Å². The minimum Gasteiger partial charge on any atom is -0.376 e. The van der Waals surface area contributed by atoms with Gasteiger partial charge in [0, 0.05) is 31.7 Å². The number of carbonyl (C=O) groups is 2. The second-order valence-corrected chi connectivity index (χ2v) is 6.02. The number of benzene rings is 1. The van der Waals surface area contributed by atoms with Gasteiger partial charge in [-0.3, -0.25) is 9.59 Å². The Morgan fingerprint density at radius 3 is 2.50 bits per heavy atom. The van der Waals surface area contributed by atoms with Crippen molar-refractivity contribution in [1.82, 2.24) is 10.2 Å². The lowest BCUT2D eigenvalue weighted by Gasteiger charge is -2.31. The van der Waals surface area contributed by atoms with E-state index in [0.717, 1.165) is 37.2 Å². The summed E-state index contributed by atoms with van der Waals surface area (Å²) in [7, 11) is 0. The van der Waals surface area contributed by atoms with E-state index in [4.69, 9.17) is 0 Å². The van der Waals surface area contributed by atoms with Gasteiger partial charge in [-0.05, 0) is 38.3 Å². The van der Waals surface area contributed by atoms with Crippen molar-refractivity contribution in [3.05, 3.63) is 29.3 Å². The van der Waals surface area contributed by atoms with Crippen molar-refractivity contribution in [1.29, 1.82) is 0 Å². The molecule has 5 nitrogen and oxygen atoms in total. The maximum atomic E-state index is 12.0. The molecule has 0 saturated carbocycles. The Balaban J connectivity index is 1.75. The van der Waals surface area contributed by atoms with Gasteiger partial charge in [-0.15, -0.1) is 0 Å². The Hall–Kier alpha value is -2.04. The molecule has 1 aliphatic heterocycles. The van der Waals surface area contributed by atoms with Crippen molar-refractivity contribution < 1.29 is 9.59 Å². The van der Waals surface area contributed by atoms with Crippen molar-refractivity contribution in [3.8, 4) is 0 Å². The van der Waals surface area contributed by atoms with Crippen molar-refractivity contribution >= 4 is 17.5 Å². The molecule has 0 aliphatic carbocycles. The summed E-state index contributed by atoms with van der Waals surface area (Å²) >= 11 is 0. The Bertz CT molecular complexity index is 549. The molecule has 22 heavy (non-hydrogen) atoms. The molecule has 1 saturated heterocycles. The third-order valence-corrected chi connectivity index (χ3v) is 4.13. The number of aryl methyl sites for hydroxylation is 2. The highest BCUT2D eigenvalue weighted by molar-refractivity contribution is 5.81. The zero-order chi connectivity index (χ0) is 16.1. The second-order valence-electron chi connectivity index (χ2n) is 6.02. The number of likely N-dealkylation sites (tertiary alicyclic amines) is 1. The summed E-state index contributed by atoms with van der Waals surface area (Å²) in [5.74, 6) is 0.113. The van der Waals surface area contributed by atoms with Crippen LogP contribution in [0.4, 0.5) is 5.69 Å². The Morgan fingerprint density at radius 1 is 1.23 bits per heavy atom. The SMILES string of the molecule is CC(=O)N1CCC(NC(=O)CNc2ccc(C)cc2C)CC1. The molecule has 1 aliphatic rings. The number of nitrogens with zero attached hydrogens (tertiary/aromatic N) is 1. The highest BCUT2D eigenvalue weighted by Crippen LogP contribution is 2.15. The van der Waals surface area contributed by atoms with Crippen LogP contribution in [0, 0.1) is 13.8 Å². The first kappa shape index (κ1) is 16.3. The maximum Gasteiger partial charge on any atom is 0.239 e. The van der Waals surface area contributed by atoms with Gasteiger partial charge >= 0.3 is 0 Å². The van der Waals surface area contributed by atoms with Crippen molar-refractivity contribution in [3.63, 3.8) is 0 Å². The normalized spacial score (nSPS) is 15.5. The minimum atomic E-state index is 0.00116. The molecule has 0 atom stereocenters. The van der Waals surface area contributed by atoms with Gasteiger partial charge in [0.15, 0.2) is 0 Å². The van der Waals surface area contributed by atoms with Crippen molar-refractivity contribution in [2.24, 2.45) is 0 Å². The molecular weight excluding hydrogens is 278 g/mol. The molecule has 0 radical (unpaired) electrons. The smallest absolute Gasteiger partial charge is 0.239 e. The Labute approximate surface area is 132 Å². The number of anilines is 1. The first-order valence-corrected chi connectivity index (χ1v) is 7.81. The van der Waals surface area contributed by atoms with E-state index in [1.165, 1.54) is 5.56 Å². The Kier molecular flexibility index (Phi) is 5.41. The number of amides is 2. The number of carbonyl (C=O) groups excluding carboxylic acids is 2. The number of rotatable bonds is 4. The summed E-state index contributed by atoms with van der Waals surface area (Å²) in [6.07, 6.45) is 1.66. The van der Waals surface area contributed by atoms with Crippen LogP contribution in [0.2, 0.25) is 0 Å². The van der Waals surface area contributed by atoms with Gasteiger partial charge in [-0.1, -0.05) is 17.7 Å². The summed E-state index contributed by atoms with van der Waals surface area (Å²) in [4.78, 5) is 25.1. The van der Waals surface area contributed by atoms with Crippen LogP contribution in [0.1, 0.15) is 30.9 Å². The summed E-state index contributed by atoms with van der Waals surface area (Å²) in [6, 6.07) is 6.30. The van der Waals surface area contributed by atoms with E-state index < -0.39 is 0 Å². The monoisotopic (exact) mass is 303 g/mol. The molecule has 1 heterocycles. The van der Waals surface area contributed by atoms with Crippen molar-refractivity contribution in [2.45, 2.75) is 39.7 Å². The predicted octanol–water partition coefficient (Wildman–Crippen LogP) is 1.84. The summed E-state index contributed by atoms with van der Waals surface area (Å²) in [6.45, 7) is 7.40. The average molecular weight is 303 g/mol. The predicted molar refractivity (Wildman–Crippen MR) is 87.8 cm³/mol. The number of hydrogen-bond donors (Lipinski definition) is 2. The maximum absolute atomic E-state index is 12.0. The van der Waals surface area contributed by atoms with E-state index in [1.807, 2.05) is 24.0 Å². The molecule has 1 aromatic carbocycles. The molecule has 0 bridgehead atoms. The summed E-state index contributed by atoms with van der Waals surface area (Å²) < 4.78 is 0. The first-order chi connectivity index (χ1) is 10.5. The lowest BCUT2D eigenvalue weighted by molar-refractivity contribution is -0.130.